The quantitative estimate of drug-likeness (QED) is 0.784. The minimum Gasteiger partial charge on any atom is -0.491 e. The fraction of sp³-hybridized carbons (Fsp3) is 0.222. The van der Waals surface area contributed by atoms with E-state index in [9.17, 15) is 9.90 Å². The van der Waals surface area contributed by atoms with Crippen molar-refractivity contribution in [1.29, 1.82) is 0 Å². The lowest BCUT2D eigenvalue weighted by molar-refractivity contribution is 0.0909. The number of benzene rings is 2. The molecule has 0 aliphatic heterocycles. The van der Waals surface area contributed by atoms with E-state index in [4.69, 9.17) is 4.74 Å². The molecule has 0 bridgehead atoms. The molecule has 3 aromatic rings. The van der Waals surface area contributed by atoms with Crippen LogP contribution in [0.4, 0.5) is 0 Å². The summed E-state index contributed by atoms with van der Waals surface area (Å²) in [5, 5.41) is 10.7. The van der Waals surface area contributed by atoms with Crippen LogP contribution in [0.25, 0.3) is 10.9 Å². The zero-order chi connectivity index (χ0) is 16.2. The van der Waals surface area contributed by atoms with Gasteiger partial charge in [0.25, 0.3) is 5.56 Å². The van der Waals surface area contributed by atoms with E-state index < -0.39 is 6.10 Å². The molecule has 0 fully saturated rings. The monoisotopic (exact) mass is 310 g/mol. The molecule has 1 aromatic heterocycles. The minimum absolute atomic E-state index is 0.114. The minimum atomic E-state index is -0.797. The van der Waals surface area contributed by atoms with Gasteiger partial charge in [-0.05, 0) is 31.2 Å². The van der Waals surface area contributed by atoms with Gasteiger partial charge in [-0.15, -0.1) is 0 Å². The number of ether oxygens (including phenoxy) is 1. The zero-order valence-electron chi connectivity index (χ0n) is 12.8. The van der Waals surface area contributed by atoms with E-state index in [2.05, 4.69) is 4.98 Å². The number of fused-ring (bicyclic) bond motifs is 1. The third kappa shape index (κ3) is 3.40. The van der Waals surface area contributed by atoms with Gasteiger partial charge in [0.05, 0.1) is 17.4 Å². The predicted molar refractivity (Wildman–Crippen MR) is 88.7 cm³/mol. The van der Waals surface area contributed by atoms with Crippen LogP contribution in [0.3, 0.4) is 0 Å². The Morgan fingerprint density at radius 2 is 1.83 bits per heavy atom. The Kier molecular flexibility index (Phi) is 4.39. The molecule has 0 saturated heterocycles. The van der Waals surface area contributed by atoms with Crippen molar-refractivity contribution in [1.82, 2.24) is 9.55 Å². The number of aliphatic hydroxyl groups excluding tert-OH is 1. The summed E-state index contributed by atoms with van der Waals surface area (Å²) < 4.78 is 7.01. The molecule has 118 valence electrons. The molecule has 23 heavy (non-hydrogen) atoms. The molecule has 1 atom stereocenters. The highest BCUT2D eigenvalue weighted by Crippen LogP contribution is 2.10. The second-order valence-electron chi connectivity index (χ2n) is 5.37. The molecule has 1 N–H and O–H groups in total. The highest BCUT2D eigenvalue weighted by molar-refractivity contribution is 5.77. The van der Waals surface area contributed by atoms with Crippen LogP contribution in [0.15, 0.2) is 59.4 Å². The maximum atomic E-state index is 12.5. The van der Waals surface area contributed by atoms with Gasteiger partial charge in [0.15, 0.2) is 0 Å². The largest absolute Gasteiger partial charge is 0.491 e. The van der Waals surface area contributed by atoms with Crippen LogP contribution in [-0.4, -0.2) is 27.4 Å². The SMILES string of the molecule is Cc1nc2ccccc2c(=O)n1CC(O)COc1ccccc1. The van der Waals surface area contributed by atoms with Gasteiger partial charge in [0, 0.05) is 0 Å². The topological polar surface area (TPSA) is 64.4 Å². The maximum absolute atomic E-state index is 12.5. The number of aliphatic hydroxyl groups is 1. The molecule has 0 aliphatic rings. The lowest BCUT2D eigenvalue weighted by Crippen LogP contribution is -2.32. The lowest BCUT2D eigenvalue weighted by Gasteiger charge is -2.16. The summed E-state index contributed by atoms with van der Waals surface area (Å²) in [6.07, 6.45) is -0.797. The number of hydrogen-bond acceptors (Lipinski definition) is 4. The molecule has 0 aliphatic carbocycles. The number of nitrogens with zero attached hydrogens (tertiary/aromatic N) is 2. The summed E-state index contributed by atoms with van der Waals surface area (Å²) in [6.45, 7) is 2.02. The van der Waals surface area contributed by atoms with Crippen LogP contribution in [0.2, 0.25) is 0 Å². The van der Waals surface area contributed by atoms with Crippen molar-refractivity contribution in [2.45, 2.75) is 19.6 Å². The molecule has 1 unspecified atom stereocenters. The van der Waals surface area contributed by atoms with Crippen molar-refractivity contribution in [2.75, 3.05) is 6.61 Å². The van der Waals surface area contributed by atoms with Gasteiger partial charge in [-0.3, -0.25) is 9.36 Å². The van der Waals surface area contributed by atoms with Gasteiger partial charge < -0.3 is 9.84 Å². The van der Waals surface area contributed by atoms with Crippen molar-refractivity contribution in [2.24, 2.45) is 0 Å². The number of aromatic nitrogens is 2. The number of aryl methyl sites for hydroxylation is 1. The summed E-state index contributed by atoms with van der Waals surface area (Å²) in [5.74, 6) is 1.26. The Hall–Kier alpha value is -2.66. The molecule has 5 nitrogen and oxygen atoms in total. The normalized spacial score (nSPS) is 12.3. The molecule has 0 amide bonds. The van der Waals surface area contributed by atoms with E-state index in [1.165, 1.54) is 4.57 Å². The molecular formula is C18H18N2O3. The molecule has 0 radical (unpaired) electrons. The molecule has 1 heterocycles. The van der Waals surface area contributed by atoms with Crippen LogP contribution in [-0.2, 0) is 6.54 Å². The van der Waals surface area contributed by atoms with E-state index >= 15 is 0 Å². The second kappa shape index (κ2) is 6.62. The first-order valence-electron chi connectivity index (χ1n) is 7.47. The van der Waals surface area contributed by atoms with E-state index in [1.807, 2.05) is 42.5 Å². The summed E-state index contributed by atoms with van der Waals surface area (Å²) in [7, 11) is 0. The van der Waals surface area contributed by atoms with Gasteiger partial charge in [-0.2, -0.15) is 0 Å². The fourth-order valence-corrected chi connectivity index (χ4v) is 2.47. The van der Waals surface area contributed by atoms with Crippen LogP contribution in [0.1, 0.15) is 5.82 Å². The second-order valence-corrected chi connectivity index (χ2v) is 5.37. The molecule has 5 heteroatoms. The van der Waals surface area contributed by atoms with Crippen molar-refractivity contribution in [3.63, 3.8) is 0 Å². The van der Waals surface area contributed by atoms with E-state index in [1.54, 1.807) is 19.1 Å². The van der Waals surface area contributed by atoms with Gasteiger partial charge >= 0.3 is 0 Å². The zero-order valence-corrected chi connectivity index (χ0v) is 12.8. The number of rotatable bonds is 5. The Bertz CT molecular complexity index is 859. The van der Waals surface area contributed by atoms with Crippen molar-refractivity contribution in [3.05, 3.63) is 70.8 Å². The Morgan fingerprint density at radius 3 is 2.61 bits per heavy atom. The van der Waals surface area contributed by atoms with E-state index in [0.29, 0.717) is 22.5 Å². The van der Waals surface area contributed by atoms with Gasteiger partial charge in [0.1, 0.15) is 24.3 Å². The average Bonchev–Trinajstić information content (AvgIpc) is 2.58. The van der Waals surface area contributed by atoms with Crippen molar-refractivity contribution < 1.29 is 9.84 Å². The van der Waals surface area contributed by atoms with Crippen LogP contribution < -0.4 is 10.3 Å². The standard InChI is InChI=1S/C18H18N2O3/c1-13-19-17-10-6-5-9-16(17)18(22)20(13)11-14(21)12-23-15-7-3-2-4-8-15/h2-10,14,21H,11-12H2,1H3. The van der Waals surface area contributed by atoms with E-state index in [-0.39, 0.29) is 18.7 Å². The van der Waals surface area contributed by atoms with Crippen molar-refractivity contribution in [3.8, 4) is 5.75 Å². The molecule has 0 spiro atoms. The number of para-hydroxylation sites is 2. The summed E-state index contributed by atoms with van der Waals surface area (Å²) in [6, 6.07) is 16.5. The number of hydrogen-bond donors (Lipinski definition) is 1. The maximum Gasteiger partial charge on any atom is 0.261 e. The predicted octanol–water partition coefficient (Wildman–Crippen LogP) is 2.14. The summed E-state index contributed by atoms with van der Waals surface area (Å²) >= 11 is 0. The first-order chi connectivity index (χ1) is 11.1. The molecule has 0 saturated carbocycles. The smallest absolute Gasteiger partial charge is 0.261 e. The first kappa shape index (κ1) is 15.2. The lowest BCUT2D eigenvalue weighted by atomic mass is 10.2. The van der Waals surface area contributed by atoms with Crippen LogP contribution in [0, 0.1) is 6.92 Å². The average molecular weight is 310 g/mol. The van der Waals surface area contributed by atoms with Crippen LogP contribution >= 0.6 is 0 Å². The molecular weight excluding hydrogens is 292 g/mol. The molecule has 3 rings (SSSR count). The van der Waals surface area contributed by atoms with Gasteiger partial charge in [-0.25, -0.2) is 4.98 Å². The third-order valence-corrected chi connectivity index (χ3v) is 3.63. The summed E-state index contributed by atoms with van der Waals surface area (Å²) in [5.41, 5.74) is 0.521. The third-order valence-electron chi connectivity index (χ3n) is 3.63. The fourth-order valence-electron chi connectivity index (χ4n) is 2.47. The van der Waals surface area contributed by atoms with Crippen molar-refractivity contribution >= 4 is 10.9 Å². The first-order valence-corrected chi connectivity index (χ1v) is 7.47. The van der Waals surface area contributed by atoms with Crippen LogP contribution in [0.5, 0.6) is 5.75 Å². The van der Waals surface area contributed by atoms with Gasteiger partial charge in [-0.1, -0.05) is 30.3 Å². The van der Waals surface area contributed by atoms with Gasteiger partial charge in [0.2, 0.25) is 0 Å². The highest BCUT2D eigenvalue weighted by atomic mass is 16.5. The summed E-state index contributed by atoms with van der Waals surface area (Å²) in [4.78, 5) is 16.9. The Balaban J connectivity index is 1.77. The van der Waals surface area contributed by atoms with E-state index in [0.717, 1.165) is 0 Å². The Morgan fingerprint density at radius 1 is 1.13 bits per heavy atom. The Labute approximate surface area is 133 Å². The molecule has 2 aromatic carbocycles. The highest BCUT2D eigenvalue weighted by Gasteiger charge is 2.12.